The maximum absolute atomic E-state index is 14.8. The van der Waals surface area contributed by atoms with Crippen LogP contribution in [0.2, 0.25) is 0 Å². The first-order chi connectivity index (χ1) is 19.9. The van der Waals surface area contributed by atoms with Crippen LogP contribution >= 0.6 is 0 Å². The molecule has 0 bridgehead atoms. The molecule has 10 heteroatoms. The summed E-state index contributed by atoms with van der Waals surface area (Å²) in [5.41, 5.74) is 10.4. The molecule has 1 saturated heterocycles. The molecule has 4 N–H and O–H groups in total. The molecule has 1 aliphatic heterocycles. The van der Waals surface area contributed by atoms with Crippen molar-refractivity contribution >= 4 is 11.7 Å². The van der Waals surface area contributed by atoms with E-state index in [0.29, 0.717) is 41.3 Å². The molecular weight excluding hydrogens is 525 g/mol. The fraction of sp³-hybridized carbons (Fsp3) is 0.387. The molecule has 0 unspecified atom stereocenters. The van der Waals surface area contributed by atoms with Crippen molar-refractivity contribution in [3.05, 3.63) is 59.9 Å². The summed E-state index contributed by atoms with van der Waals surface area (Å²) >= 11 is 0. The Morgan fingerprint density at radius 3 is 2.49 bits per heavy atom. The number of carbonyl (C=O) groups excluding carboxylic acids is 1. The highest BCUT2D eigenvalue weighted by molar-refractivity contribution is 5.87. The Bertz CT molecular complexity index is 1370. The number of rotatable bonds is 12. The van der Waals surface area contributed by atoms with Crippen molar-refractivity contribution in [3.63, 3.8) is 0 Å². The van der Waals surface area contributed by atoms with Crippen LogP contribution in [0, 0.1) is 17.1 Å². The highest BCUT2D eigenvalue weighted by Crippen LogP contribution is 2.42. The number of piperidine rings is 1. The molecule has 216 valence electrons. The molecule has 2 heterocycles. The van der Waals surface area contributed by atoms with Gasteiger partial charge in [0.15, 0.2) is 0 Å². The molecular formula is C31H36FN5O4. The molecule has 2 aromatic carbocycles. The monoisotopic (exact) mass is 561 g/mol. The number of hydrogen-bond acceptors (Lipinski definition) is 8. The maximum Gasteiger partial charge on any atom is 0.243 e. The fourth-order valence-corrected chi connectivity index (χ4v) is 4.89. The van der Waals surface area contributed by atoms with Crippen molar-refractivity contribution < 1.29 is 23.9 Å². The number of anilines is 1. The zero-order chi connectivity index (χ0) is 29.2. The van der Waals surface area contributed by atoms with Gasteiger partial charge in [-0.25, -0.2) is 14.9 Å². The summed E-state index contributed by atoms with van der Waals surface area (Å²) in [6.07, 6.45) is 5.07. The normalized spacial score (nSPS) is 13.5. The third-order valence-electron chi connectivity index (χ3n) is 7.26. The molecule has 0 atom stereocenters. The van der Waals surface area contributed by atoms with Crippen molar-refractivity contribution in [1.29, 1.82) is 5.26 Å². The largest absolute Gasteiger partial charge is 0.497 e. The van der Waals surface area contributed by atoms with E-state index >= 15 is 0 Å². The summed E-state index contributed by atoms with van der Waals surface area (Å²) in [4.78, 5) is 18.4. The molecule has 1 aromatic heterocycles. The highest BCUT2D eigenvalue weighted by atomic mass is 19.1. The number of nitrogens with two attached hydrogens (primary N) is 1. The molecule has 0 spiro atoms. The Kier molecular flexibility index (Phi) is 10.5. The van der Waals surface area contributed by atoms with Crippen LogP contribution in [0.3, 0.4) is 0 Å². The summed E-state index contributed by atoms with van der Waals surface area (Å²) in [5.74, 6) is 1.04. The van der Waals surface area contributed by atoms with Gasteiger partial charge in [-0.3, -0.25) is 10.0 Å². The molecule has 41 heavy (non-hydrogen) atoms. The summed E-state index contributed by atoms with van der Waals surface area (Å²) in [6.45, 7) is 1.93. The molecule has 1 aliphatic rings. The van der Waals surface area contributed by atoms with Gasteiger partial charge in [0.05, 0.1) is 30.5 Å². The number of methoxy groups -OCH3 is 1. The first-order valence-electron chi connectivity index (χ1n) is 13.9. The Morgan fingerprint density at radius 2 is 1.83 bits per heavy atom. The lowest BCUT2D eigenvalue weighted by atomic mass is 9.97. The third-order valence-corrected chi connectivity index (χ3v) is 7.26. The zero-order valence-electron chi connectivity index (χ0n) is 23.2. The van der Waals surface area contributed by atoms with Crippen molar-refractivity contribution in [2.75, 3.05) is 31.7 Å². The molecule has 9 nitrogen and oxygen atoms in total. The van der Waals surface area contributed by atoms with Crippen molar-refractivity contribution in [3.8, 4) is 40.0 Å². The van der Waals surface area contributed by atoms with E-state index in [-0.39, 0.29) is 23.9 Å². The van der Waals surface area contributed by atoms with Crippen LogP contribution < -0.4 is 25.6 Å². The number of nitriles is 1. The number of carbonyl (C=O) groups is 1. The number of benzene rings is 2. The van der Waals surface area contributed by atoms with Gasteiger partial charge in [0, 0.05) is 37.2 Å². The van der Waals surface area contributed by atoms with E-state index in [1.807, 2.05) is 36.4 Å². The second kappa shape index (κ2) is 14.4. The summed E-state index contributed by atoms with van der Waals surface area (Å²) in [7, 11) is 1.60. The molecule has 0 saturated carbocycles. The average Bonchev–Trinajstić information content (AvgIpc) is 3.00. The van der Waals surface area contributed by atoms with Gasteiger partial charge in [-0.1, -0.05) is 31.0 Å². The van der Waals surface area contributed by atoms with Crippen molar-refractivity contribution in [1.82, 2.24) is 10.5 Å². The fourth-order valence-electron chi connectivity index (χ4n) is 4.89. The van der Waals surface area contributed by atoms with E-state index in [0.717, 1.165) is 56.6 Å². The minimum Gasteiger partial charge on any atom is -0.497 e. The van der Waals surface area contributed by atoms with Crippen LogP contribution in [-0.4, -0.2) is 48.9 Å². The van der Waals surface area contributed by atoms with E-state index in [2.05, 4.69) is 4.90 Å². The lowest BCUT2D eigenvalue weighted by Gasteiger charge is -2.32. The lowest BCUT2D eigenvalue weighted by molar-refractivity contribution is -0.129. The molecule has 0 aliphatic carbocycles. The Labute approximate surface area is 239 Å². The van der Waals surface area contributed by atoms with Crippen molar-refractivity contribution in [2.45, 2.75) is 51.0 Å². The van der Waals surface area contributed by atoms with Gasteiger partial charge in [0.25, 0.3) is 0 Å². The molecule has 0 radical (unpaired) electrons. The van der Waals surface area contributed by atoms with E-state index in [9.17, 15) is 14.4 Å². The Hall–Kier alpha value is -4.20. The van der Waals surface area contributed by atoms with Gasteiger partial charge in [0.1, 0.15) is 29.2 Å². The van der Waals surface area contributed by atoms with Crippen LogP contribution in [0.1, 0.15) is 50.5 Å². The first kappa shape index (κ1) is 29.8. The number of unbranched alkanes of at least 4 members (excludes halogenated alkanes) is 3. The average molecular weight is 562 g/mol. The predicted octanol–water partition coefficient (Wildman–Crippen LogP) is 5.20. The number of halogens is 1. The van der Waals surface area contributed by atoms with E-state index < -0.39 is 5.82 Å². The Morgan fingerprint density at radius 1 is 1.12 bits per heavy atom. The van der Waals surface area contributed by atoms with Gasteiger partial charge in [-0.2, -0.15) is 5.26 Å². The van der Waals surface area contributed by atoms with Gasteiger partial charge < -0.3 is 20.1 Å². The van der Waals surface area contributed by atoms with Gasteiger partial charge in [0.2, 0.25) is 5.91 Å². The lowest BCUT2D eigenvalue weighted by Crippen LogP contribution is -2.40. The molecule has 1 fully saturated rings. The smallest absolute Gasteiger partial charge is 0.243 e. The third kappa shape index (κ3) is 7.72. The standard InChI is InChI=1S/C31H36FN5O4/c1-40-25-11-9-21(10-12-25)30-27(41-17-5-3-2-4-6-29(38)36-39)19-28(37-15-13-24(34)14-16-37)35-31(30)22-7-8-23(20-33)26(32)18-22/h7-12,18-19,24,39H,2-6,13-17,34H2,1H3,(H,36,38). The van der Waals surface area contributed by atoms with Crippen molar-refractivity contribution in [2.24, 2.45) is 5.73 Å². The number of hydroxylamine groups is 1. The van der Waals surface area contributed by atoms with Gasteiger partial charge in [-0.15, -0.1) is 0 Å². The number of nitrogens with zero attached hydrogens (tertiary/aromatic N) is 3. The van der Waals surface area contributed by atoms with Crippen LogP contribution in [0.4, 0.5) is 10.2 Å². The highest BCUT2D eigenvalue weighted by Gasteiger charge is 2.23. The SMILES string of the molecule is COc1ccc(-c2c(OCCCCCCC(=O)NO)cc(N3CCC(N)CC3)nc2-c2ccc(C#N)c(F)c2)cc1. The summed E-state index contributed by atoms with van der Waals surface area (Å²) in [5, 5.41) is 17.9. The minimum absolute atomic E-state index is 0.0335. The number of hydrogen-bond donors (Lipinski definition) is 3. The van der Waals surface area contributed by atoms with Crippen LogP contribution in [0.25, 0.3) is 22.4 Å². The second-order valence-electron chi connectivity index (χ2n) is 10.1. The topological polar surface area (TPSA) is 134 Å². The maximum atomic E-state index is 14.8. The van der Waals surface area contributed by atoms with Gasteiger partial charge >= 0.3 is 0 Å². The molecule has 4 rings (SSSR count). The minimum atomic E-state index is -0.612. The summed E-state index contributed by atoms with van der Waals surface area (Å²) < 4.78 is 26.6. The first-order valence-corrected chi connectivity index (χ1v) is 13.9. The van der Waals surface area contributed by atoms with Crippen LogP contribution in [-0.2, 0) is 4.79 Å². The van der Waals surface area contributed by atoms with Crippen LogP contribution in [0.5, 0.6) is 11.5 Å². The zero-order valence-corrected chi connectivity index (χ0v) is 23.2. The quantitative estimate of drug-likeness (QED) is 0.156. The number of amides is 1. The number of pyridine rings is 1. The molecule has 3 aromatic rings. The number of nitrogens with one attached hydrogen (secondary N) is 1. The summed E-state index contributed by atoms with van der Waals surface area (Å²) in [6, 6.07) is 16.0. The predicted molar refractivity (Wildman–Crippen MR) is 154 cm³/mol. The molecule has 1 amide bonds. The Balaban J connectivity index is 1.71. The van der Waals surface area contributed by atoms with E-state index in [4.69, 9.17) is 25.4 Å². The van der Waals surface area contributed by atoms with Crippen LogP contribution in [0.15, 0.2) is 48.5 Å². The number of aromatic nitrogens is 1. The van der Waals surface area contributed by atoms with E-state index in [1.165, 1.54) is 12.1 Å². The second-order valence-corrected chi connectivity index (χ2v) is 10.1. The van der Waals surface area contributed by atoms with E-state index in [1.54, 1.807) is 18.7 Å². The van der Waals surface area contributed by atoms with Gasteiger partial charge in [-0.05, 0) is 55.5 Å². The number of ether oxygens (including phenoxy) is 2.